The average Bonchev–Trinajstić information content (AvgIpc) is 2.87. The Kier molecular flexibility index (Phi) is 7.10. The summed E-state index contributed by atoms with van der Waals surface area (Å²) in [6.07, 6.45) is -4.60. The number of amides is 1. The molecule has 0 radical (unpaired) electrons. The molecule has 4 rings (SSSR count). The van der Waals surface area contributed by atoms with Crippen LogP contribution in [0.5, 0.6) is 0 Å². The van der Waals surface area contributed by atoms with Crippen LogP contribution in [0.25, 0.3) is 5.69 Å². The topological polar surface area (TPSA) is 86.0 Å². The lowest BCUT2D eigenvalue weighted by molar-refractivity contribution is -0.137. The third-order valence-corrected chi connectivity index (χ3v) is 5.80. The number of halogens is 3. The summed E-state index contributed by atoms with van der Waals surface area (Å²) in [6.45, 7) is 3.09. The molecule has 1 N–H and O–H groups in total. The summed E-state index contributed by atoms with van der Waals surface area (Å²) in [5, 5.41) is 6.76. The first-order chi connectivity index (χ1) is 17.5. The summed E-state index contributed by atoms with van der Waals surface area (Å²) < 4.78 is 41.3. The summed E-state index contributed by atoms with van der Waals surface area (Å²) in [5.74, 6) is -0.819. The summed E-state index contributed by atoms with van der Waals surface area (Å²) in [4.78, 5) is 39.7. The molecule has 3 aromatic carbocycles. The van der Waals surface area contributed by atoms with E-state index in [0.29, 0.717) is 10.3 Å². The van der Waals surface area contributed by atoms with Gasteiger partial charge in [-0.2, -0.15) is 23.0 Å². The Bertz CT molecular complexity index is 1540. The van der Waals surface area contributed by atoms with Crippen molar-refractivity contribution < 1.29 is 18.0 Å². The van der Waals surface area contributed by atoms with Crippen LogP contribution in [0.1, 0.15) is 45.7 Å². The number of carbonyl (C=O) groups is 1. The molecule has 7 nitrogen and oxygen atoms in total. The second-order valence-corrected chi connectivity index (χ2v) is 8.57. The number of nitrogens with zero attached hydrogens (tertiary/aromatic N) is 3. The van der Waals surface area contributed by atoms with Gasteiger partial charge in [0.2, 0.25) is 5.69 Å². The monoisotopic (exact) mass is 508 g/mol. The van der Waals surface area contributed by atoms with E-state index in [-0.39, 0.29) is 5.56 Å². The Labute approximate surface area is 209 Å². The van der Waals surface area contributed by atoms with Crippen molar-refractivity contribution in [3.63, 3.8) is 0 Å². The van der Waals surface area contributed by atoms with Crippen LogP contribution in [0.3, 0.4) is 0 Å². The first-order valence-corrected chi connectivity index (χ1v) is 11.4. The van der Waals surface area contributed by atoms with Crippen LogP contribution in [-0.4, -0.2) is 20.3 Å². The normalized spacial score (nSPS) is 12.2. The molecule has 190 valence electrons. The van der Waals surface area contributed by atoms with Crippen LogP contribution < -0.4 is 16.6 Å². The van der Waals surface area contributed by atoms with Gasteiger partial charge >= 0.3 is 11.9 Å². The van der Waals surface area contributed by atoms with Crippen molar-refractivity contribution in [3.8, 4) is 5.69 Å². The zero-order valence-corrected chi connectivity index (χ0v) is 20.0. The molecule has 0 unspecified atom stereocenters. The molecule has 4 aromatic rings. The second-order valence-electron chi connectivity index (χ2n) is 8.57. The predicted molar refractivity (Wildman–Crippen MR) is 132 cm³/mol. The summed E-state index contributed by atoms with van der Waals surface area (Å²) in [5.41, 5.74) is -1.33. The first kappa shape index (κ1) is 25.6. The largest absolute Gasteiger partial charge is 0.416 e. The number of alkyl halides is 3. The van der Waals surface area contributed by atoms with Gasteiger partial charge in [-0.3, -0.25) is 14.2 Å². The van der Waals surface area contributed by atoms with Crippen molar-refractivity contribution >= 4 is 5.91 Å². The van der Waals surface area contributed by atoms with Gasteiger partial charge in [-0.25, -0.2) is 4.79 Å². The second kappa shape index (κ2) is 10.3. The number of rotatable bonds is 6. The molecule has 0 aliphatic carbocycles. The molecule has 0 bridgehead atoms. The van der Waals surface area contributed by atoms with Crippen LogP contribution in [0, 0.1) is 6.92 Å². The fourth-order valence-corrected chi connectivity index (χ4v) is 3.77. The van der Waals surface area contributed by atoms with E-state index in [0.717, 1.165) is 27.9 Å². The lowest BCUT2D eigenvalue weighted by Crippen LogP contribution is -2.46. The summed E-state index contributed by atoms with van der Waals surface area (Å²) >= 11 is 0. The fourth-order valence-electron chi connectivity index (χ4n) is 3.77. The molecule has 0 saturated heterocycles. The highest BCUT2D eigenvalue weighted by atomic mass is 19.4. The quantitative estimate of drug-likeness (QED) is 0.422. The van der Waals surface area contributed by atoms with E-state index in [4.69, 9.17) is 0 Å². The number of nitrogens with one attached hydrogen (secondary N) is 1. The molecule has 1 aromatic heterocycles. The predicted octanol–water partition coefficient (Wildman–Crippen LogP) is 4.26. The molecule has 1 amide bonds. The molecule has 0 aliphatic heterocycles. The number of carbonyl (C=O) groups excluding carboxylic acids is 1. The number of benzene rings is 3. The summed E-state index contributed by atoms with van der Waals surface area (Å²) in [6, 6.07) is 19.5. The highest BCUT2D eigenvalue weighted by Crippen LogP contribution is 2.29. The fraction of sp³-hybridized carbons (Fsp3) is 0.185. The number of aromatic nitrogens is 3. The number of aryl methyl sites for hydroxylation is 1. The van der Waals surface area contributed by atoms with Gasteiger partial charge < -0.3 is 5.32 Å². The maximum atomic E-state index is 13.3. The molecule has 1 atom stereocenters. The van der Waals surface area contributed by atoms with Crippen molar-refractivity contribution in [2.45, 2.75) is 32.6 Å². The maximum Gasteiger partial charge on any atom is 0.416 e. The SMILES string of the molecule is Cc1ccc(-n2nc(C(=O)N[C@H](C)c3ccccc3)c(=O)n(Cc3cccc(C(F)(F)F)c3)c2=O)cc1. The van der Waals surface area contributed by atoms with E-state index in [1.165, 1.54) is 12.1 Å². The van der Waals surface area contributed by atoms with Crippen LogP contribution in [0.2, 0.25) is 0 Å². The maximum absolute atomic E-state index is 13.3. The number of hydrogen-bond donors (Lipinski definition) is 1. The van der Waals surface area contributed by atoms with Gasteiger partial charge in [-0.15, -0.1) is 0 Å². The van der Waals surface area contributed by atoms with Crippen molar-refractivity contribution in [1.29, 1.82) is 0 Å². The van der Waals surface area contributed by atoms with Gasteiger partial charge in [-0.05, 0) is 49.2 Å². The molecular formula is C27H23F3N4O3. The minimum absolute atomic E-state index is 0.0692. The Morgan fingerprint density at radius 3 is 2.30 bits per heavy atom. The molecular weight excluding hydrogens is 485 g/mol. The van der Waals surface area contributed by atoms with Crippen molar-refractivity contribution in [2.75, 3.05) is 0 Å². The minimum Gasteiger partial charge on any atom is -0.344 e. The summed E-state index contributed by atoms with van der Waals surface area (Å²) in [7, 11) is 0. The highest BCUT2D eigenvalue weighted by Gasteiger charge is 2.30. The van der Waals surface area contributed by atoms with Crippen molar-refractivity contribution in [3.05, 3.63) is 128 Å². The van der Waals surface area contributed by atoms with E-state index < -0.39 is 47.2 Å². The van der Waals surface area contributed by atoms with Gasteiger partial charge in [0.15, 0.2) is 0 Å². The van der Waals surface area contributed by atoms with E-state index in [1.807, 2.05) is 13.0 Å². The van der Waals surface area contributed by atoms with Crippen molar-refractivity contribution in [2.24, 2.45) is 0 Å². The van der Waals surface area contributed by atoms with E-state index >= 15 is 0 Å². The van der Waals surface area contributed by atoms with E-state index in [2.05, 4.69) is 10.4 Å². The smallest absolute Gasteiger partial charge is 0.344 e. The lowest BCUT2D eigenvalue weighted by atomic mass is 10.1. The van der Waals surface area contributed by atoms with E-state index in [9.17, 15) is 27.6 Å². The zero-order chi connectivity index (χ0) is 26.7. The molecule has 10 heteroatoms. The Balaban J connectivity index is 1.81. The van der Waals surface area contributed by atoms with Crippen LogP contribution >= 0.6 is 0 Å². The molecule has 0 aliphatic rings. The Morgan fingerprint density at radius 2 is 1.65 bits per heavy atom. The van der Waals surface area contributed by atoms with Gasteiger partial charge in [0.05, 0.1) is 23.8 Å². The van der Waals surface area contributed by atoms with Crippen LogP contribution in [0.15, 0.2) is 88.5 Å². The number of hydrogen-bond acceptors (Lipinski definition) is 4. The van der Waals surface area contributed by atoms with Gasteiger partial charge in [-0.1, -0.05) is 60.2 Å². The van der Waals surface area contributed by atoms with Crippen LogP contribution in [-0.2, 0) is 12.7 Å². The molecule has 0 spiro atoms. The Morgan fingerprint density at radius 1 is 0.973 bits per heavy atom. The first-order valence-electron chi connectivity index (χ1n) is 11.4. The van der Waals surface area contributed by atoms with Gasteiger partial charge in [0, 0.05) is 0 Å². The molecule has 0 fully saturated rings. The molecule has 37 heavy (non-hydrogen) atoms. The van der Waals surface area contributed by atoms with E-state index in [1.54, 1.807) is 55.5 Å². The zero-order valence-electron chi connectivity index (χ0n) is 20.0. The highest BCUT2D eigenvalue weighted by molar-refractivity contribution is 5.92. The minimum atomic E-state index is -4.60. The van der Waals surface area contributed by atoms with Gasteiger partial charge in [0.1, 0.15) is 0 Å². The van der Waals surface area contributed by atoms with Gasteiger partial charge in [0.25, 0.3) is 11.5 Å². The van der Waals surface area contributed by atoms with Crippen LogP contribution in [0.4, 0.5) is 13.2 Å². The third-order valence-electron chi connectivity index (χ3n) is 5.80. The van der Waals surface area contributed by atoms with Crippen molar-refractivity contribution in [1.82, 2.24) is 19.7 Å². The third kappa shape index (κ3) is 5.69. The molecule has 0 saturated carbocycles. The Hall–Kier alpha value is -4.47. The lowest BCUT2D eigenvalue weighted by Gasteiger charge is -2.16. The molecule has 1 heterocycles. The average molecular weight is 509 g/mol. The standard InChI is InChI=1S/C27H23F3N4O3/c1-17-11-13-22(14-12-17)34-26(37)33(16-19-7-6-10-21(15-19)27(28,29)30)25(36)23(32-34)24(35)31-18(2)20-8-4-3-5-9-20/h3-15,18H,16H2,1-2H3,(H,31,35)/t18-/m1/s1.